The van der Waals surface area contributed by atoms with Crippen molar-refractivity contribution in [2.75, 3.05) is 0 Å². The van der Waals surface area contributed by atoms with Gasteiger partial charge in [0.25, 0.3) is 0 Å². The number of aromatic nitrogens is 4. The standard InChI is InChI=1S/C49H38N4/c1-5-16-39-41-30-29-40-38-23-13-14-24-42(38)49(3,4)44(40)45(41)53(43(39)6-2)37-22-15-21-36(31-37)48-51-46(34-19-11-8-12-20-34)50-47(52-48)35-27-25-33(26-28-35)32-17-9-7-10-18-32/h5-31H,2H2,1,3-4H3/b16-5-. The van der Waals surface area contributed by atoms with Gasteiger partial charge < -0.3 is 4.57 Å². The summed E-state index contributed by atoms with van der Waals surface area (Å²) in [7, 11) is 0. The van der Waals surface area contributed by atoms with Crippen molar-refractivity contribution in [3.63, 3.8) is 0 Å². The molecule has 1 aliphatic carbocycles. The molecule has 0 fully saturated rings. The molecule has 2 aromatic heterocycles. The fraction of sp³-hybridized carbons (Fsp3) is 0.0816. The lowest BCUT2D eigenvalue weighted by Gasteiger charge is -2.24. The van der Waals surface area contributed by atoms with Crippen LogP contribution in [0.15, 0.2) is 158 Å². The first-order valence-corrected chi connectivity index (χ1v) is 18.1. The average molecular weight is 683 g/mol. The first-order valence-electron chi connectivity index (χ1n) is 18.1. The lowest BCUT2D eigenvalue weighted by molar-refractivity contribution is 0.663. The highest BCUT2D eigenvalue weighted by molar-refractivity contribution is 6.03. The number of hydrogen-bond acceptors (Lipinski definition) is 3. The second-order valence-electron chi connectivity index (χ2n) is 14.1. The van der Waals surface area contributed by atoms with Gasteiger partial charge in [0, 0.05) is 38.7 Å². The Morgan fingerprint density at radius 3 is 1.81 bits per heavy atom. The van der Waals surface area contributed by atoms with Gasteiger partial charge >= 0.3 is 0 Å². The van der Waals surface area contributed by atoms with Crippen molar-refractivity contribution in [2.45, 2.75) is 26.2 Å². The second-order valence-corrected chi connectivity index (χ2v) is 14.1. The zero-order valence-electron chi connectivity index (χ0n) is 30.1. The lowest BCUT2D eigenvalue weighted by Crippen LogP contribution is -2.16. The zero-order valence-corrected chi connectivity index (χ0v) is 30.1. The zero-order chi connectivity index (χ0) is 36.1. The maximum absolute atomic E-state index is 5.12. The summed E-state index contributed by atoms with van der Waals surface area (Å²) >= 11 is 0. The SMILES string of the molecule is C=Cc1c(/C=C\C)c2ccc3c(c2n1-c1cccc(-c2nc(-c4ccccc4)nc(-c4ccc(-c5ccccc5)cc4)n2)c1)C(C)(C)c1ccccc1-3. The number of allylic oxidation sites excluding steroid dienone is 1. The van der Waals surface area contributed by atoms with Crippen LogP contribution in [0.25, 0.3) is 85.2 Å². The maximum atomic E-state index is 5.12. The molecule has 53 heavy (non-hydrogen) atoms. The molecule has 0 spiro atoms. The van der Waals surface area contributed by atoms with Crippen LogP contribution in [0.3, 0.4) is 0 Å². The topological polar surface area (TPSA) is 43.6 Å². The van der Waals surface area contributed by atoms with Gasteiger partial charge in [-0.1, -0.05) is 166 Å². The van der Waals surface area contributed by atoms with Crippen molar-refractivity contribution in [2.24, 2.45) is 0 Å². The highest BCUT2D eigenvalue weighted by Gasteiger charge is 2.38. The Morgan fingerprint density at radius 2 is 1.13 bits per heavy atom. The molecule has 0 saturated carbocycles. The maximum Gasteiger partial charge on any atom is 0.164 e. The molecule has 0 radical (unpaired) electrons. The van der Waals surface area contributed by atoms with Crippen LogP contribution >= 0.6 is 0 Å². The van der Waals surface area contributed by atoms with Crippen molar-refractivity contribution < 1.29 is 0 Å². The van der Waals surface area contributed by atoms with Crippen molar-refractivity contribution in [3.05, 3.63) is 181 Å². The summed E-state index contributed by atoms with van der Waals surface area (Å²) < 4.78 is 2.39. The van der Waals surface area contributed by atoms with E-state index >= 15 is 0 Å². The van der Waals surface area contributed by atoms with E-state index in [0.29, 0.717) is 17.5 Å². The van der Waals surface area contributed by atoms with E-state index in [0.717, 1.165) is 39.2 Å². The Hall–Kier alpha value is -6.65. The molecule has 0 N–H and O–H groups in total. The first kappa shape index (κ1) is 32.3. The minimum Gasteiger partial charge on any atom is -0.309 e. The molecule has 4 heteroatoms. The second kappa shape index (κ2) is 12.8. The van der Waals surface area contributed by atoms with Crippen LogP contribution < -0.4 is 0 Å². The predicted molar refractivity (Wildman–Crippen MR) is 221 cm³/mol. The van der Waals surface area contributed by atoms with Gasteiger partial charge in [-0.15, -0.1) is 0 Å². The Morgan fingerprint density at radius 1 is 0.566 bits per heavy atom. The van der Waals surface area contributed by atoms with E-state index in [9.17, 15) is 0 Å². The Bertz CT molecular complexity index is 2700. The summed E-state index contributed by atoms with van der Waals surface area (Å²) in [4.78, 5) is 15.2. The smallest absolute Gasteiger partial charge is 0.164 e. The monoisotopic (exact) mass is 682 g/mol. The Labute approximate surface area is 310 Å². The van der Waals surface area contributed by atoms with Crippen molar-refractivity contribution >= 4 is 23.1 Å². The van der Waals surface area contributed by atoms with Gasteiger partial charge in [0.1, 0.15) is 0 Å². The van der Waals surface area contributed by atoms with Crippen molar-refractivity contribution in [1.82, 2.24) is 19.5 Å². The van der Waals surface area contributed by atoms with Gasteiger partial charge in [-0.2, -0.15) is 0 Å². The van der Waals surface area contributed by atoms with Gasteiger partial charge in [0.2, 0.25) is 0 Å². The number of hydrogen-bond donors (Lipinski definition) is 0. The molecule has 0 bridgehead atoms. The van der Waals surface area contributed by atoms with E-state index in [1.54, 1.807) is 0 Å². The molecule has 6 aromatic carbocycles. The quantitative estimate of drug-likeness (QED) is 0.168. The van der Waals surface area contributed by atoms with E-state index in [1.165, 1.54) is 38.7 Å². The van der Waals surface area contributed by atoms with E-state index in [2.05, 4.69) is 153 Å². The van der Waals surface area contributed by atoms with Crippen LogP contribution in [0.2, 0.25) is 0 Å². The number of benzene rings is 6. The van der Waals surface area contributed by atoms with Gasteiger partial charge in [-0.3, -0.25) is 0 Å². The number of fused-ring (bicyclic) bond motifs is 5. The molecule has 0 saturated heterocycles. The van der Waals surface area contributed by atoms with E-state index in [-0.39, 0.29) is 5.41 Å². The third-order valence-corrected chi connectivity index (χ3v) is 10.5. The van der Waals surface area contributed by atoms with E-state index < -0.39 is 0 Å². The third-order valence-electron chi connectivity index (χ3n) is 10.5. The predicted octanol–water partition coefficient (Wildman–Crippen LogP) is 12.5. The van der Waals surface area contributed by atoms with Gasteiger partial charge in [0.05, 0.1) is 11.2 Å². The van der Waals surface area contributed by atoms with E-state index in [1.807, 2.05) is 42.5 Å². The Balaban J connectivity index is 1.24. The third kappa shape index (κ3) is 5.34. The summed E-state index contributed by atoms with van der Waals surface area (Å²) in [6.45, 7) is 11.1. The molecule has 1 aliphatic rings. The summed E-state index contributed by atoms with van der Waals surface area (Å²) in [6, 6.07) is 50.9. The molecule has 254 valence electrons. The van der Waals surface area contributed by atoms with Crippen LogP contribution in [-0.4, -0.2) is 19.5 Å². The molecule has 4 nitrogen and oxygen atoms in total. The summed E-state index contributed by atoms with van der Waals surface area (Å²) in [5.41, 5.74) is 14.6. The minimum atomic E-state index is -0.200. The van der Waals surface area contributed by atoms with Crippen LogP contribution in [0, 0.1) is 0 Å². The van der Waals surface area contributed by atoms with Crippen molar-refractivity contribution in [1.29, 1.82) is 0 Å². The molecule has 0 unspecified atom stereocenters. The first-order chi connectivity index (χ1) is 26.0. The molecular formula is C49H38N4. The van der Waals surface area contributed by atoms with Crippen molar-refractivity contribution in [3.8, 4) is 62.1 Å². The van der Waals surface area contributed by atoms with Gasteiger partial charge in [-0.25, -0.2) is 15.0 Å². The molecular weight excluding hydrogens is 645 g/mol. The van der Waals surface area contributed by atoms with E-state index in [4.69, 9.17) is 15.0 Å². The molecule has 8 aromatic rings. The normalized spacial score (nSPS) is 13.0. The van der Waals surface area contributed by atoms with Crippen LogP contribution in [0.5, 0.6) is 0 Å². The lowest BCUT2D eigenvalue weighted by atomic mass is 9.81. The number of nitrogens with zero attached hydrogens (tertiary/aromatic N) is 4. The molecule has 0 amide bonds. The van der Waals surface area contributed by atoms with Crippen LogP contribution in [-0.2, 0) is 5.41 Å². The van der Waals surface area contributed by atoms with Crippen LogP contribution in [0.4, 0.5) is 0 Å². The Kier molecular flexibility index (Phi) is 7.82. The summed E-state index contributed by atoms with van der Waals surface area (Å²) in [5.74, 6) is 1.88. The van der Waals surface area contributed by atoms with Gasteiger partial charge in [0.15, 0.2) is 17.5 Å². The fourth-order valence-corrected chi connectivity index (χ4v) is 8.06. The largest absolute Gasteiger partial charge is 0.309 e. The summed E-state index contributed by atoms with van der Waals surface area (Å²) in [6.07, 6.45) is 6.30. The van der Waals surface area contributed by atoms with Crippen LogP contribution in [0.1, 0.15) is 43.2 Å². The fourth-order valence-electron chi connectivity index (χ4n) is 8.06. The molecule has 0 aliphatic heterocycles. The highest BCUT2D eigenvalue weighted by atomic mass is 15.0. The molecule has 2 heterocycles. The molecule has 9 rings (SSSR count). The minimum absolute atomic E-state index is 0.200. The molecule has 0 atom stereocenters. The highest BCUT2D eigenvalue weighted by Crippen LogP contribution is 2.52. The average Bonchev–Trinajstić information content (AvgIpc) is 3.66. The number of rotatable bonds is 7. The van der Waals surface area contributed by atoms with Gasteiger partial charge in [-0.05, 0) is 58.5 Å². The summed E-state index contributed by atoms with van der Waals surface area (Å²) in [5, 5.41) is 1.20.